The third-order valence-electron chi connectivity index (χ3n) is 5.99. The molecular formula is C31H25F3O2. The molecule has 4 rings (SSSR count). The summed E-state index contributed by atoms with van der Waals surface area (Å²) in [6.45, 7) is 4.02. The van der Waals surface area contributed by atoms with Crippen LogP contribution in [0.15, 0.2) is 84.9 Å². The van der Waals surface area contributed by atoms with E-state index in [9.17, 15) is 18.0 Å². The summed E-state index contributed by atoms with van der Waals surface area (Å²) >= 11 is 0. The molecule has 0 atom stereocenters. The molecule has 0 saturated heterocycles. The first-order chi connectivity index (χ1) is 17.3. The molecule has 5 heteroatoms. The highest BCUT2D eigenvalue weighted by Gasteiger charge is 2.34. The highest BCUT2D eigenvalue weighted by Crippen LogP contribution is 2.37. The standard InChI is InChI=1S/C31H25F3O2/c1-21-8-6-9-23(16-21)20-36-30-18-26(29(31(32,33)34)17-27(30)19-35)15-14-24-12-7-13-28(22(24)2)25-10-4-3-5-11-25/h3-19H,20H2,1-2H3/b15-14+. The van der Waals surface area contributed by atoms with Crippen LogP contribution in [0.1, 0.15) is 43.7 Å². The molecule has 0 aliphatic carbocycles. The number of hydrogen-bond acceptors (Lipinski definition) is 2. The Hall–Kier alpha value is -4.12. The fourth-order valence-corrected chi connectivity index (χ4v) is 4.12. The van der Waals surface area contributed by atoms with Crippen molar-refractivity contribution in [1.29, 1.82) is 0 Å². The van der Waals surface area contributed by atoms with Crippen molar-refractivity contribution < 1.29 is 22.7 Å². The zero-order chi connectivity index (χ0) is 25.7. The predicted octanol–water partition coefficient (Wildman–Crippen LogP) is 8.55. The van der Waals surface area contributed by atoms with Crippen molar-refractivity contribution >= 4 is 18.4 Å². The summed E-state index contributed by atoms with van der Waals surface area (Å²) in [5, 5.41) is 0. The number of alkyl halides is 3. The van der Waals surface area contributed by atoms with Crippen molar-refractivity contribution in [3.8, 4) is 16.9 Å². The quantitative estimate of drug-likeness (QED) is 0.193. The first-order valence-corrected chi connectivity index (χ1v) is 11.5. The van der Waals surface area contributed by atoms with Crippen LogP contribution in [0, 0.1) is 13.8 Å². The lowest BCUT2D eigenvalue weighted by molar-refractivity contribution is -0.137. The lowest BCUT2D eigenvalue weighted by atomic mass is 9.95. The van der Waals surface area contributed by atoms with Crippen LogP contribution in [0.3, 0.4) is 0 Å². The van der Waals surface area contributed by atoms with Gasteiger partial charge in [0, 0.05) is 0 Å². The van der Waals surface area contributed by atoms with Gasteiger partial charge in [-0.05, 0) is 59.4 Å². The molecular weight excluding hydrogens is 461 g/mol. The van der Waals surface area contributed by atoms with Gasteiger partial charge in [0.15, 0.2) is 6.29 Å². The average Bonchev–Trinajstić information content (AvgIpc) is 2.86. The molecule has 0 spiro atoms. The number of ether oxygens (including phenoxy) is 1. The van der Waals surface area contributed by atoms with E-state index in [4.69, 9.17) is 4.74 Å². The largest absolute Gasteiger partial charge is 0.488 e. The van der Waals surface area contributed by atoms with E-state index in [0.717, 1.165) is 39.4 Å². The predicted molar refractivity (Wildman–Crippen MR) is 138 cm³/mol. The Balaban J connectivity index is 1.72. The Morgan fingerprint density at radius 2 is 1.50 bits per heavy atom. The summed E-state index contributed by atoms with van der Waals surface area (Å²) in [5.74, 6) is 0.105. The first-order valence-electron chi connectivity index (χ1n) is 11.5. The van der Waals surface area contributed by atoms with Crippen molar-refractivity contribution in [2.75, 3.05) is 0 Å². The van der Waals surface area contributed by atoms with Gasteiger partial charge in [-0.2, -0.15) is 13.2 Å². The summed E-state index contributed by atoms with van der Waals surface area (Å²) in [7, 11) is 0. The zero-order valence-corrected chi connectivity index (χ0v) is 20.0. The van der Waals surface area contributed by atoms with Crippen LogP contribution >= 0.6 is 0 Å². The van der Waals surface area contributed by atoms with Crippen LogP contribution < -0.4 is 4.74 Å². The van der Waals surface area contributed by atoms with Crippen LogP contribution in [0.2, 0.25) is 0 Å². The molecule has 2 nitrogen and oxygen atoms in total. The third-order valence-corrected chi connectivity index (χ3v) is 5.99. The van der Waals surface area contributed by atoms with Gasteiger partial charge in [-0.15, -0.1) is 0 Å². The molecule has 4 aromatic carbocycles. The molecule has 0 aliphatic heterocycles. The van der Waals surface area contributed by atoms with E-state index in [1.54, 1.807) is 6.08 Å². The topological polar surface area (TPSA) is 26.3 Å². The van der Waals surface area contributed by atoms with E-state index in [2.05, 4.69) is 0 Å². The molecule has 0 heterocycles. The lowest BCUT2D eigenvalue weighted by Gasteiger charge is -2.16. The number of aryl methyl sites for hydroxylation is 1. The maximum atomic E-state index is 13.9. The molecule has 0 aliphatic rings. The van der Waals surface area contributed by atoms with E-state index in [0.29, 0.717) is 6.29 Å². The molecule has 0 bridgehead atoms. The highest BCUT2D eigenvalue weighted by molar-refractivity contribution is 5.83. The number of halogens is 3. The number of benzene rings is 4. The van der Waals surface area contributed by atoms with Crippen molar-refractivity contribution in [3.63, 3.8) is 0 Å². The molecule has 0 fully saturated rings. The smallest absolute Gasteiger partial charge is 0.417 e. The van der Waals surface area contributed by atoms with Crippen LogP contribution in [0.25, 0.3) is 23.3 Å². The molecule has 0 aromatic heterocycles. The monoisotopic (exact) mass is 486 g/mol. The van der Waals surface area contributed by atoms with Gasteiger partial charge in [0.05, 0.1) is 11.1 Å². The Bertz CT molecular complexity index is 1400. The summed E-state index contributed by atoms with van der Waals surface area (Å²) in [5.41, 5.74) is 4.58. The maximum Gasteiger partial charge on any atom is 0.417 e. The van der Waals surface area contributed by atoms with Crippen molar-refractivity contribution in [3.05, 3.63) is 124 Å². The molecule has 0 N–H and O–H groups in total. The van der Waals surface area contributed by atoms with Crippen molar-refractivity contribution in [2.45, 2.75) is 26.6 Å². The van der Waals surface area contributed by atoms with Gasteiger partial charge in [0.2, 0.25) is 0 Å². The maximum absolute atomic E-state index is 13.9. The van der Waals surface area contributed by atoms with E-state index >= 15 is 0 Å². The molecule has 4 aromatic rings. The minimum Gasteiger partial charge on any atom is -0.488 e. The summed E-state index contributed by atoms with van der Waals surface area (Å²) in [6, 6.07) is 25.3. The number of rotatable bonds is 7. The third kappa shape index (κ3) is 5.74. The SMILES string of the molecule is Cc1cccc(COc2cc(/C=C/c3cccc(-c4ccccc4)c3C)c(C(F)(F)F)cc2C=O)c1. The Morgan fingerprint density at radius 1 is 0.778 bits per heavy atom. The van der Waals surface area contributed by atoms with Crippen LogP contribution in [0.5, 0.6) is 5.75 Å². The number of carbonyl (C=O) groups is 1. The molecule has 0 amide bonds. The number of carbonyl (C=O) groups excluding carboxylic acids is 1. The fraction of sp³-hybridized carbons (Fsp3) is 0.129. The fourth-order valence-electron chi connectivity index (χ4n) is 4.12. The Labute approximate surface area is 208 Å². The van der Waals surface area contributed by atoms with Crippen molar-refractivity contribution in [2.24, 2.45) is 0 Å². The first kappa shape index (κ1) is 25.0. The minimum atomic E-state index is -4.63. The zero-order valence-electron chi connectivity index (χ0n) is 20.0. The Morgan fingerprint density at radius 3 is 2.19 bits per heavy atom. The van der Waals surface area contributed by atoms with Crippen LogP contribution in [-0.4, -0.2) is 6.29 Å². The van der Waals surface area contributed by atoms with E-state index in [-0.39, 0.29) is 23.5 Å². The van der Waals surface area contributed by atoms with Gasteiger partial charge in [0.25, 0.3) is 0 Å². The van der Waals surface area contributed by atoms with Gasteiger partial charge in [0.1, 0.15) is 12.4 Å². The van der Waals surface area contributed by atoms with Gasteiger partial charge >= 0.3 is 6.18 Å². The van der Waals surface area contributed by atoms with Gasteiger partial charge in [-0.25, -0.2) is 0 Å². The van der Waals surface area contributed by atoms with Crippen LogP contribution in [0.4, 0.5) is 13.2 Å². The summed E-state index contributed by atoms with van der Waals surface area (Å²) in [6.07, 6.45) is -1.15. The van der Waals surface area contributed by atoms with Crippen LogP contribution in [-0.2, 0) is 12.8 Å². The van der Waals surface area contributed by atoms with E-state index in [1.165, 1.54) is 12.1 Å². The minimum absolute atomic E-state index is 0.0724. The Kier molecular flexibility index (Phi) is 7.39. The van der Waals surface area contributed by atoms with Gasteiger partial charge in [-0.1, -0.05) is 90.5 Å². The molecule has 0 unspecified atom stereocenters. The molecule has 36 heavy (non-hydrogen) atoms. The second-order valence-corrected chi connectivity index (χ2v) is 8.59. The molecule has 0 saturated carbocycles. The average molecular weight is 487 g/mol. The lowest BCUT2D eigenvalue weighted by Crippen LogP contribution is -2.09. The van der Waals surface area contributed by atoms with Gasteiger partial charge in [-0.3, -0.25) is 4.79 Å². The van der Waals surface area contributed by atoms with E-state index < -0.39 is 11.7 Å². The van der Waals surface area contributed by atoms with Crippen molar-refractivity contribution in [1.82, 2.24) is 0 Å². The second kappa shape index (κ2) is 10.6. The second-order valence-electron chi connectivity index (χ2n) is 8.59. The normalized spacial score (nSPS) is 11.6. The number of hydrogen-bond donors (Lipinski definition) is 0. The summed E-state index contributed by atoms with van der Waals surface area (Å²) in [4.78, 5) is 11.6. The van der Waals surface area contributed by atoms with E-state index in [1.807, 2.05) is 86.6 Å². The molecule has 182 valence electrons. The van der Waals surface area contributed by atoms with Gasteiger partial charge < -0.3 is 4.74 Å². The summed E-state index contributed by atoms with van der Waals surface area (Å²) < 4.78 is 47.5. The highest BCUT2D eigenvalue weighted by atomic mass is 19.4. The number of aldehydes is 1. The molecule has 0 radical (unpaired) electrons.